The average molecular weight is 270 g/mol. The van der Waals surface area contributed by atoms with Gasteiger partial charge in [-0.3, -0.25) is 0 Å². The largest absolute Gasteiger partial charge is 0.365 e. The minimum Gasteiger partial charge on any atom is -0.365 e. The van der Waals surface area contributed by atoms with Crippen molar-refractivity contribution in [3.05, 3.63) is 39.4 Å². The molecule has 2 rings (SSSR count). The van der Waals surface area contributed by atoms with Crippen molar-refractivity contribution < 1.29 is 0 Å². The van der Waals surface area contributed by atoms with Crippen LogP contribution in [0.5, 0.6) is 0 Å². The molecule has 2 aromatic heterocycles. The first-order valence-electron chi connectivity index (χ1n) is 4.08. The van der Waals surface area contributed by atoms with Gasteiger partial charge in [0.25, 0.3) is 0 Å². The second-order valence-electron chi connectivity index (χ2n) is 2.66. The SMILES string of the molecule is Brc1cc(NCc2cccs2)ncn1. The molecule has 14 heavy (non-hydrogen) atoms. The lowest BCUT2D eigenvalue weighted by Crippen LogP contribution is -1.99. The lowest BCUT2D eigenvalue weighted by atomic mass is 10.4. The summed E-state index contributed by atoms with van der Waals surface area (Å²) in [5.74, 6) is 0.834. The quantitative estimate of drug-likeness (QED) is 0.871. The van der Waals surface area contributed by atoms with Crippen LogP contribution in [0.4, 0.5) is 5.82 Å². The monoisotopic (exact) mass is 269 g/mol. The third-order valence-electron chi connectivity index (χ3n) is 1.66. The van der Waals surface area contributed by atoms with E-state index in [2.05, 4.69) is 42.7 Å². The van der Waals surface area contributed by atoms with Crippen molar-refractivity contribution in [3.63, 3.8) is 0 Å². The second kappa shape index (κ2) is 4.52. The molecule has 3 nitrogen and oxygen atoms in total. The Morgan fingerprint density at radius 2 is 2.36 bits per heavy atom. The van der Waals surface area contributed by atoms with Gasteiger partial charge in [-0.1, -0.05) is 6.07 Å². The van der Waals surface area contributed by atoms with Crippen LogP contribution in [0.15, 0.2) is 34.5 Å². The molecule has 0 aliphatic heterocycles. The fourth-order valence-electron chi connectivity index (χ4n) is 1.02. The highest BCUT2D eigenvalue weighted by Gasteiger charge is 1.96. The Morgan fingerprint density at radius 1 is 1.43 bits per heavy atom. The number of nitrogens with one attached hydrogen (secondary N) is 1. The van der Waals surface area contributed by atoms with Crippen LogP contribution in [0.2, 0.25) is 0 Å². The number of nitrogens with zero attached hydrogens (tertiary/aromatic N) is 2. The second-order valence-corrected chi connectivity index (χ2v) is 4.50. The molecule has 0 bridgehead atoms. The van der Waals surface area contributed by atoms with Gasteiger partial charge in [-0.25, -0.2) is 9.97 Å². The van der Waals surface area contributed by atoms with Crippen molar-refractivity contribution in [3.8, 4) is 0 Å². The number of aromatic nitrogens is 2. The van der Waals surface area contributed by atoms with Gasteiger partial charge in [0.2, 0.25) is 0 Å². The molecule has 0 amide bonds. The zero-order chi connectivity index (χ0) is 9.80. The third kappa shape index (κ3) is 2.52. The van der Waals surface area contributed by atoms with Gasteiger partial charge in [-0.2, -0.15) is 0 Å². The van der Waals surface area contributed by atoms with E-state index in [0.29, 0.717) is 0 Å². The van der Waals surface area contributed by atoms with E-state index in [4.69, 9.17) is 0 Å². The Balaban J connectivity index is 1.98. The Morgan fingerprint density at radius 3 is 3.07 bits per heavy atom. The van der Waals surface area contributed by atoms with Crippen molar-refractivity contribution in [1.29, 1.82) is 0 Å². The highest BCUT2D eigenvalue weighted by molar-refractivity contribution is 9.10. The molecule has 0 unspecified atom stereocenters. The summed E-state index contributed by atoms with van der Waals surface area (Å²) in [6.45, 7) is 0.807. The summed E-state index contributed by atoms with van der Waals surface area (Å²) >= 11 is 5.02. The van der Waals surface area contributed by atoms with E-state index in [9.17, 15) is 0 Å². The number of anilines is 1. The summed E-state index contributed by atoms with van der Waals surface area (Å²) < 4.78 is 0.793. The number of rotatable bonds is 3. The first kappa shape index (κ1) is 9.61. The van der Waals surface area contributed by atoms with Gasteiger partial charge in [0, 0.05) is 10.9 Å². The lowest BCUT2D eigenvalue weighted by molar-refractivity contribution is 1.08. The van der Waals surface area contributed by atoms with Crippen LogP contribution in [-0.2, 0) is 6.54 Å². The number of thiophene rings is 1. The maximum atomic E-state index is 4.09. The molecule has 0 atom stereocenters. The standard InChI is InChI=1S/C9H8BrN3S/c10-8-4-9(13-6-12-8)11-5-7-2-1-3-14-7/h1-4,6H,5H2,(H,11,12,13). The fraction of sp³-hybridized carbons (Fsp3) is 0.111. The van der Waals surface area contributed by atoms with Crippen LogP contribution in [-0.4, -0.2) is 9.97 Å². The maximum absolute atomic E-state index is 4.09. The molecule has 0 aromatic carbocycles. The van der Waals surface area contributed by atoms with E-state index in [-0.39, 0.29) is 0 Å². The zero-order valence-electron chi connectivity index (χ0n) is 7.27. The van der Waals surface area contributed by atoms with Crippen LogP contribution >= 0.6 is 27.3 Å². The lowest BCUT2D eigenvalue weighted by Gasteiger charge is -2.02. The first-order valence-corrected chi connectivity index (χ1v) is 5.75. The topological polar surface area (TPSA) is 37.8 Å². The van der Waals surface area contributed by atoms with Gasteiger partial charge in [0.15, 0.2) is 0 Å². The maximum Gasteiger partial charge on any atom is 0.130 e. The highest BCUT2D eigenvalue weighted by atomic mass is 79.9. The van der Waals surface area contributed by atoms with Crippen molar-refractivity contribution in [2.75, 3.05) is 5.32 Å². The van der Waals surface area contributed by atoms with Crippen LogP contribution in [0.25, 0.3) is 0 Å². The molecule has 0 saturated heterocycles. The molecular formula is C9H8BrN3S. The highest BCUT2D eigenvalue weighted by Crippen LogP contribution is 2.13. The van der Waals surface area contributed by atoms with Crippen molar-refractivity contribution in [1.82, 2.24) is 9.97 Å². The number of hydrogen-bond donors (Lipinski definition) is 1. The third-order valence-corrected chi connectivity index (χ3v) is 2.97. The predicted molar refractivity (Wildman–Crippen MR) is 61.4 cm³/mol. The smallest absolute Gasteiger partial charge is 0.130 e. The molecule has 5 heteroatoms. The van der Waals surface area contributed by atoms with Crippen molar-refractivity contribution >= 4 is 33.1 Å². The van der Waals surface area contributed by atoms with E-state index in [1.807, 2.05) is 12.1 Å². The number of hydrogen-bond acceptors (Lipinski definition) is 4. The van der Waals surface area contributed by atoms with E-state index < -0.39 is 0 Å². The summed E-state index contributed by atoms with van der Waals surface area (Å²) in [4.78, 5) is 9.34. The van der Waals surface area contributed by atoms with Crippen LogP contribution in [0, 0.1) is 0 Å². The van der Waals surface area contributed by atoms with Crippen LogP contribution in [0.3, 0.4) is 0 Å². The molecule has 0 aliphatic carbocycles. The molecule has 2 aromatic rings. The normalized spacial score (nSPS) is 10.1. The molecule has 0 radical (unpaired) electrons. The predicted octanol–water partition coefficient (Wildman–Crippen LogP) is 2.91. The Bertz CT molecular complexity index is 402. The van der Waals surface area contributed by atoms with E-state index in [0.717, 1.165) is 17.0 Å². The van der Waals surface area contributed by atoms with Crippen molar-refractivity contribution in [2.24, 2.45) is 0 Å². The van der Waals surface area contributed by atoms with Gasteiger partial charge in [0.05, 0.1) is 6.54 Å². The average Bonchev–Trinajstić information content (AvgIpc) is 2.67. The summed E-state index contributed by atoms with van der Waals surface area (Å²) in [6, 6.07) is 5.99. The summed E-state index contributed by atoms with van der Waals surface area (Å²) in [6.07, 6.45) is 1.53. The van der Waals surface area contributed by atoms with Gasteiger partial charge in [-0.05, 0) is 27.4 Å². The summed E-state index contributed by atoms with van der Waals surface area (Å²) in [5, 5.41) is 5.28. The summed E-state index contributed by atoms with van der Waals surface area (Å²) in [7, 11) is 0. The summed E-state index contributed by atoms with van der Waals surface area (Å²) in [5.41, 5.74) is 0. The Kier molecular flexibility index (Phi) is 3.10. The van der Waals surface area contributed by atoms with Crippen LogP contribution in [0.1, 0.15) is 4.88 Å². The molecule has 0 spiro atoms. The molecule has 0 saturated carbocycles. The Hall–Kier alpha value is -0.940. The molecule has 2 heterocycles. The fourth-order valence-corrected chi connectivity index (χ4v) is 1.97. The van der Waals surface area contributed by atoms with E-state index in [1.165, 1.54) is 11.2 Å². The molecule has 72 valence electrons. The van der Waals surface area contributed by atoms with Gasteiger partial charge in [-0.15, -0.1) is 11.3 Å². The van der Waals surface area contributed by atoms with Gasteiger partial charge < -0.3 is 5.32 Å². The van der Waals surface area contributed by atoms with Crippen molar-refractivity contribution in [2.45, 2.75) is 6.54 Å². The Labute approximate surface area is 94.4 Å². The molecule has 0 aliphatic rings. The zero-order valence-corrected chi connectivity index (χ0v) is 9.68. The molecular weight excluding hydrogens is 262 g/mol. The van der Waals surface area contributed by atoms with Gasteiger partial charge >= 0.3 is 0 Å². The van der Waals surface area contributed by atoms with E-state index in [1.54, 1.807) is 11.3 Å². The minimum atomic E-state index is 0.793. The van der Waals surface area contributed by atoms with Gasteiger partial charge in [0.1, 0.15) is 16.7 Å². The van der Waals surface area contributed by atoms with E-state index >= 15 is 0 Å². The molecule has 0 fully saturated rings. The molecule has 1 N–H and O–H groups in total. The first-order chi connectivity index (χ1) is 6.84. The van der Waals surface area contributed by atoms with Crippen LogP contribution < -0.4 is 5.32 Å². The number of halogens is 1. The minimum absolute atomic E-state index is 0.793.